The summed E-state index contributed by atoms with van der Waals surface area (Å²) < 4.78 is 42.1. The minimum atomic E-state index is -4.72. The molecule has 6 heterocycles. The van der Waals surface area contributed by atoms with Gasteiger partial charge in [-0.2, -0.15) is 13.4 Å². The number of aromatic amines is 1. The van der Waals surface area contributed by atoms with E-state index in [1.807, 2.05) is 12.1 Å². The number of benzene rings is 2. The maximum Gasteiger partial charge on any atom is 0.300 e. The fourth-order valence-corrected chi connectivity index (χ4v) is 12.4. The second-order valence-corrected chi connectivity index (χ2v) is 20.7. The lowest BCUT2D eigenvalue weighted by Gasteiger charge is -2.56. The first-order valence-corrected chi connectivity index (χ1v) is 24.6. The highest BCUT2D eigenvalue weighted by atomic mass is 32.2. The number of carbonyl (C=O) groups is 1. The summed E-state index contributed by atoms with van der Waals surface area (Å²) >= 11 is 0. The lowest BCUT2D eigenvalue weighted by molar-refractivity contribution is -0.384. The molecule has 1 spiro atoms. The third-order valence-corrected chi connectivity index (χ3v) is 16.3. The molecule has 5 fully saturated rings. The molecule has 334 valence electrons. The summed E-state index contributed by atoms with van der Waals surface area (Å²) in [6.07, 6.45) is 18.3. The third-order valence-electron chi connectivity index (χ3n) is 15.1. The third kappa shape index (κ3) is 7.82. The van der Waals surface area contributed by atoms with Crippen LogP contribution in [0.15, 0.2) is 78.1 Å². The SMILES string of the molecule is O=C(NS(=O)(=O)c1cc([N+](=O)[O-])c2c(n1)OC[C@H](C1CCCCC1)N2)c1ccc(N2CCC3(CC2)CC(N2CCC[C@@H]2c2ccccc2C2CC2)C3)cc1Oc1cnc2[nH]ccc2c1. The molecule has 3 aromatic heterocycles. The lowest BCUT2D eigenvalue weighted by atomic mass is 9.59. The van der Waals surface area contributed by atoms with Gasteiger partial charge in [-0.15, -0.1) is 0 Å². The molecule has 0 unspecified atom stereocenters. The number of nitrogens with zero attached hydrogens (tertiary/aromatic N) is 5. The van der Waals surface area contributed by atoms with E-state index in [4.69, 9.17) is 9.47 Å². The van der Waals surface area contributed by atoms with Crippen LogP contribution in [-0.2, 0) is 10.0 Å². The van der Waals surface area contributed by atoms with Crippen LogP contribution in [-0.4, -0.2) is 77.4 Å². The molecule has 15 nitrogen and oxygen atoms in total. The van der Waals surface area contributed by atoms with Crippen LogP contribution in [0.4, 0.5) is 17.1 Å². The summed E-state index contributed by atoms with van der Waals surface area (Å²) in [6.45, 7) is 3.06. The van der Waals surface area contributed by atoms with E-state index in [-0.39, 0.29) is 41.4 Å². The molecule has 0 radical (unpaired) electrons. The highest BCUT2D eigenvalue weighted by molar-refractivity contribution is 7.90. The number of H-pyrrole nitrogens is 1. The van der Waals surface area contributed by atoms with Crippen molar-refractivity contribution < 1.29 is 27.6 Å². The molecule has 64 heavy (non-hydrogen) atoms. The molecule has 16 heteroatoms. The van der Waals surface area contributed by atoms with Gasteiger partial charge in [0.05, 0.1) is 28.8 Å². The number of aromatic nitrogens is 3. The van der Waals surface area contributed by atoms with Gasteiger partial charge in [-0.3, -0.25) is 19.8 Å². The van der Waals surface area contributed by atoms with Crippen molar-refractivity contribution in [2.24, 2.45) is 11.3 Å². The first-order valence-electron chi connectivity index (χ1n) is 23.1. The monoisotopic (exact) mass is 886 g/mol. The van der Waals surface area contributed by atoms with Gasteiger partial charge in [0.25, 0.3) is 15.9 Å². The van der Waals surface area contributed by atoms with Gasteiger partial charge in [-0.1, -0.05) is 43.5 Å². The Hall–Kier alpha value is -5.74. The predicted molar refractivity (Wildman–Crippen MR) is 242 cm³/mol. The van der Waals surface area contributed by atoms with Gasteiger partial charge in [0, 0.05) is 48.5 Å². The summed E-state index contributed by atoms with van der Waals surface area (Å²) in [5.74, 6) is 0.363. The van der Waals surface area contributed by atoms with Gasteiger partial charge in [0.15, 0.2) is 10.7 Å². The lowest BCUT2D eigenvalue weighted by Crippen LogP contribution is -2.54. The van der Waals surface area contributed by atoms with Crippen LogP contribution < -0.4 is 24.4 Å². The van der Waals surface area contributed by atoms with Gasteiger partial charge in [0.1, 0.15) is 23.8 Å². The molecular weight excluding hydrogens is 833 g/mol. The Labute approximate surface area is 372 Å². The zero-order valence-electron chi connectivity index (χ0n) is 35.8. The number of rotatable bonds is 11. The number of piperidine rings is 1. The number of nitrogens with one attached hydrogen (secondary N) is 3. The van der Waals surface area contributed by atoms with Crippen LogP contribution in [0.2, 0.25) is 0 Å². The summed E-state index contributed by atoms with van der Waals surface area (Å²) in [7, 11) is -4.72. The second kappa shape index (κ2) is 16.4. The molecule has 5 aromatic rings. The second-order valence-electron chi connectivity index (χ2n) is 19.0. The first kappa shape index (κ1) is 41.0. The Morgan fingerprint density at radius 1 is 0.938 bits per heavy atom. The van der Waals surface area contributed by atoms with Crippen molar-refractivity contribution >= 4 is 44.0 Å². The van der Waals surface area contributed by atoms with Crippen molar-refractivity contribution in [1.82, 2.24) is 24.6 Å². The Balaban J connectivity index is 0.807. The Morgan fingerprint density at radius 3 is 2.52 bits per heavy atom. The zero-order valence-corrected chi connectivity index (χ0v) is 36.7. The van der Waals surface area contributed by atoms with Crippen LogP contribution in [0.3, 0.4) is 0 Å². The molecule has 3 saturated carbocycles. The number of ether oxygens (including phenoxy) is 2. The van der Waals surface area contributed by atoms with E-state index in [2.05, 4.69) is 59.1 Å². The molecule has 2 saturated heterocycles. The minimum absolute atomic E-state index is 0.0408. The molecular formula is C48H54N8O7S. The van der Waals surface area contributed by atoms with Crippen molar-refractivity contribution in [3.63, 3.8) is 0 Å². The first-order chi connectivity index (χ1) is 31.1. The Bertz CT molecular complexity index is 2720. The van der Waals surface area contributed by atoms with Crippen LogP contribution in [0.25, 0.3) is 11.0 Å². The average Bonchev–Trinajstić information content (AvgIpc) is 3.84. The molecule has 3 aliphatic carbocycles. The summed E-state index contributed by atoms with van der Waals surface area (Å²) in [5, 5.41) is 15.6. The van der Waals surface area contributed by atoms with Crippen molar-refractivity contribution in [2.75, 3.05) is 36.5 Å². The van der Waals surface area contributed by atoms with Crippen LogP contribution in [0.1, 0.15) is 117 Å². The average molecular weight is 887 g/mol. The van der Waals surface area contributed by atoms with Crippen LogP contribution in [0, 0.1) is 21.4 Å². The Morgan fingerprint density at radius 2 is 1.73 bits per heavy atom. The summed E-state index contributed by atoms with van der Waals surface area (Å²) in [5.41, 5.74) is 4.49. The summed E-state index contributed by atoms with van der Waals surface area (Å²) in [6, 6.07) is 19.8. The molecule has 2 aromatic carbocycles. The van der Waals surface area contributed by atoms with E-state index in [9.17, 15) is 23.3 Å². The fourth-order valence-electron chi connectivity index (χ4n) is 11.5. The van der Waals surface area contributed by atoms with E-state index in [1.54, 1.807) is 41.7 Å². The number of fused-ring (bicyclic) bond motifs is 2. The smallest absolute Gasteiger partial charge is 0.300 e. The topological polar surface area (TPSA) is 185 Å². The highest BCUT2D eigenvalue weighted by Crippen LogP contribution is 2.55. The normalized spacial score (nSPS) is 22.7. The molecule has 1 amide bonds. The zero-order chi connectivity index (χ0) is 43.6. The van der Waals surface area contributed by atoms with E-state index >= 15 is 0 Å². The number of likely N-dealkylation sites (tertiary alicyclic amines) is 1. The largest absolute Gasteiger partial charge is 0.474 e. The molecule has 6 aliphatic rings. The standard InChI is InChI=1S/C48H54N8O7S/c57-46(53-64(60,61)43-25-41(56(58)59)44-47(52-43)62-29-39(51-44)31-7-2-1-3-8-31)38-15-14-33(24-42(38)63-35-23-32-16-19-49-45(32)50-28-35)54-21-17-48(18-22-54)26-34(27-48)55-20-6-11-40(55)37-10-5-4-9-36(37)30-12-13-30/h4-5,9-10,14-16,19,23-25,28,30-31,34,39-40,51H,1-3,6-8,11-13,17-18,20-22,26-27,29H2,(H,49,50)(H,53,57)/t39-,40-/m1/s1. The van der Waals surface area contributed by atoms with E-state index < -0.39 is 31.6 Å². The number of pyridine rings is 2. The quantitative estimate of drug-likeness (QED) is 0.0846. The van der Waals surface area contributed by atoms with E-state index in [0.29, 0.717) is 28.9 Å². The van der Waals surface area contributed by atoms with Crippen molar-refractivity contribution in [2.45, 2.75) is 113 Å². The van der Waals surface area contributed by atoms with Gasteiger partial charge in [0.2, 0.25) is 5.88 Å². The number of carbonyl (C=O) groups excluding carboxylic acids is 1. The summed E-state index contributed by atoms with van der Waals surface area (Å²) in [4.78, 5) is 42.5. The van der Waals surface area contributed by atoms with Gasteiger partial charge in [-0.05, 0) is 123 Å². The van der Waals surface area contributed by atoms with Crippen molar-refractivity contribution in [3.05, 3.63) is 99.9 Å². The van der Waals surface area contributed by atoms with Crippen molar-refractivity contribution in [1.29, 1.82) is 0 Å². The van der Waals surface area contributed by atoms with E-state index in [1.165, 1.54) is 45.1 Å². The molecule has 3 aliphatic heterocycles. The number of nitro groups is 1. The highest BCUT2D eigenvalue weighted by Gasteiger charge is 2.50. The molecule has 11 rings (SSSR count). The van der Waals surface area contributed by atoms with Gasteiger partial charge >= 0.3 is 5.69 Å². The number of sulfonamides is 1. The molecule has 0 bridgehead atoms. The maximum absolute atomic E-state index is 14.1. The molecule has 3 N–H and O–H groups in total. The number of hydrogen-bond donors (Lipinski definition) is 3. The minimum Gasteiger partial charge on any atom is -0.474 e. The number of hydrogen-bond acceptors (Lipinski definition) is 12. The Kier molecular flexibility index (Phi) is 10.5. The fraction of sp³-hybridized carbons (Fsp3) is 0.479. The predicted octanol–water partition coefficient (Wildman–Crippen LogP) is 8.99. The number of amides is 1. The van der Waals surface area contributed by atoms with Crippen LogP contribution >= 0.6 is 0 Å². The van der Waals surface area contributed by atoms with Crippen molar-refractivity contribution in [3.8, 4) is 17.4 Å². The van der Waals surface area contributed by atoms with Gasteiger partial charge in [-0.25, -0.2) is 9.71 Å². The van der Waals surface area contributed by atoms with Crippen LogP contribution in [0.5, 0.6) is 17.4 Å². The van der Waals surface area contributed by atoms with E-state index in [0.717, 1.165) is 81.1 Å². The molecule has 2 atom stereocenters. The number of anilines is 2. The van der Waals surface area contributed by atoms with Gasteiger partial charge < -0.3 is 24.7 Å². The maximum atomic E-state index is 14.1.